The number of benzene rings is 4. The van der Waals surface area contributed by atoms with Crippen LogP contribution in [0, 0.1) is 0 Å². The Hall–Kier alpha value is -2.64. The number of hydrogen-bond donors (Lipinski definition) is 1. The second-order valence-electron chi connectivity index (χ2n) is 6.79. The summed E-state index contributed by atoms with van der Waals surface area (Å²) >= 11 is 0. The fraction of sp³-hybridized carbons (Fsp3) is 0.167. The summed E-state index contributed by atoms with van der Waals surface area (Å²) in [7, 11) is 0. The smallest absolute Gasteiger partial charge is 0.0303 e. The molecule has 0 spiro atoms. The van der Waals surface area contributed by atoms with E-state index in [2.05, 4.69) is 104 Å². The van der Waals surface area contributed by atoms with Gasteiger partial charge in [0.1, 0.15) is 0 Å². The lowest BCUT2D eigenvalue weighted by molar-refractivity contribution is 0.497. The summed E-state index contributed by atoms with van der Waals surface area (Å²) in [6.07, 6.45) is 0. The molecule has 1 heteroatoms. The van der Waals surface area contributed by atoms with Crippen molar-refractivity contribution in [2.24, 2.45) is 0 Å². The predicted molar refractivity (Wildman–Crippen MR) is 108 cm³/mol. The van der Waals surface area contributed by atoms with Crippen molar-refractivity contribution in [3.05, 3.63) is 96.1 Å². The van der Waals surface area contributed by atoms with Crippen LogP contribution in [0.2, 0.25) is 0 Å². The summed E-state index contributed by atoms with van der Waals surface area (Å²) in [4.78, 5) is 0. The van der Waals surface area contributed by atoms with E-state index < -0.39 is 0 Å². The van der Waals surface area contributed by atoms with Crippen LogP contribution in [0.25, 0.3) is 21.5 Å². The lowest BCUT2D eigenvalue weighted by Crippen LogP contribution is -2.22. The molecule has 0 heterocycles. The van der Waals surface area contributed by atoms with Crippen molar-refractivity contribution < 1.29 is 0 Å². The number of fused-ring (bicyclic) bond motifs is 2. The first-order chi connectivity index (χ1) is 12.2. The average Bonchev–Trinajstić information content (AvgIpc) is 2.67. The van der Waals surface area contributed by atoms with Gasteiger partial charge in [-0.05, 0) is 52.6 Å². The first-order valence-corrected chi connectivity index (χ1v) is 8.95. The maximum atomic E-state index is 3.77. The molecule has 0 unspecified atom stereocenters. The molecule has 4 rings (SSSR count). The Morgan fingerprint density at radius 1 is 0.600 bits per heavy atom. The van der Waals surface area contributed by atoms with E-state index in [4.69, 9.17) is 0 Å². The maximum Gasteiger partial charge on any atom is 0.0303 e. The minimum absolute atomic E-state index is 0.285. The highest BCUT2D eigenvalue weighted by Crippen LogP contribution is 2.27. The van der Waals surface area contributed by atoms with Crippen LogP contribution in [0.1, 0.15) is 37.1 Å². The Morgan fingerprint density at radius 3 is 2.12 bits per heavy atom. The number of nitrogens with one attached hydrogen (secondary N) is 1. The molecule has 4 aromatic rings. The molecule has 1 N–H and O–H groups in total. The average molecular weight is 325 g/mol. The van der Waals surface area contributed by atoms with E-state index in [1.54, 1.807) is 0 Å². The maximum absolute atomic E-state index is 3.77. The second-order valence-corrected chi connectivity index (χ2v) is 6.79. The van der Waals surface area contributed by atoms with E-state index in [9.17, 15) is 0 Å². The predicted octanol–water partition coefficient (Wildman–Crippen LogP) is 6.40. The van der Waals surface area contributed by atoms with Gasteiger partial charge in [0.2, 0.25) is 0 Å². The highest BCUT2D eigenvalue weighted by atomic mass is 14.9. The summed E-state index contributed by atoms with van der Waals surface area (Å²) in [5.74, 6) is 0. The molecule has 1 nitrogen and oxygen atoms in total. The van der Waals surface area contributed by atoms with Crippen LogP contribution in [0.4, 0.5) is 0 Å². The number of rotatable bonds is 4. The Balaban J connectivity index is 1.61. The zero-order chi connectivity index (χ0) is 17.2. The Bertz CT molecular complexity index is 1010. The van der Waals surface area contributed by atoms with Gasteiger partial charge in [0, 0.05) is 12.1 Å². The third-order valence-electron chi connectivity index (χ3n) is 5.06. The van der Waals surface area contributed by atoms with Gasteiger partial charge in [0.15, 0.2) is 0 Å². The van der Waals surface area contributed by atoms with Gasteiger partial charge in [-0.3, -0.25) is 0 Å². The van der Waals surface area contributed by atoms with Crippen molar-refractivity contribution in [1.82, 2.24) is 5.32 Å². The van der Waals surface area contributed by atoms with Gasteiger partial charge in [-0.1, -0.05) is 78.9 Å². The molecule has 124 valence electrons. The molecule has 0 saturated carbocycles. The molecule has 0 radical (unpaired) electrons. The van der Waals surface area contributed by atoms with E-state index in [0.29, 0.717) is 6.04 Å². The van der Waals surface area contributed by atoms with Crippen LogP contribution < -0.4 is 5.32 Å². The summed E-state index contributed by atoms with van der Waals surface area (Å²) in [5.41, 5.74) is 2.68. The van der Waals surface area contributed by atoms with E-state index in [1.165, 1.54) is 32.7 Å². The first-order valence-electron chi connectivity index (χ1n) is 8.95. The zero-order valence-electron chi connectivity index (χ0n) is 14.7. The van der Waals surface area contributed by atoms with Gasteiger partial charge < -0.3 is 5.32 Å². The van der Waals surface area contributed by atoms with Gasteiger partial charge in [-0.25, -0.2) is 0 Å². The number of hydrogen-bond acceptors (Lipinski definition) is 1. The van der Waals surface area contributed by atoms with Crippen molar-refractivity contribution in [3.8, 4) is 0 Å². The molecule has 0 amide bonds. The summed E-state index contributed by atoms with van der Waals surface area (Å²) in [6, 6.07) is 31.0. The Morgan fingerprint density at radius 2 is 1.28 bits per heavy atom. The van der Waals surface area contributed by atoms with Crippen molar-refractivity contribution in [3.63, 3.8) is 0 Å². The highest BCUT2D eigenvalue weighted by molar-refractivity contribution is 5.86. The molecule has 0 aliphatic rings. The molecule has 2 atom stereocenters. The van der Waals surface area contributed by atoms with Crippen molar-refractivity contribution in [2.45, 2.75) is 25.9 Å². The lowest BCUT2D eigenvalue weighted by Gasteiger charge is -2.22. The van der Waals surface area contributed by atoms with Crippen LogP contribution in [-0.2, 0) is 0 Å². The summed E-state index contributed by atoms with van der Waals surface area (Å²) < 4.78 is 0. The lowest BCUT2D eigenvalue weighted by atomic mass is 9.97. The third kappa shape index (κ3) is 3.16. The van der Waals surface area contributed by atoms with Gasteiger partial charge in [0.05, 0.1) is 0 Å². The van der Waals surface area contributed by atoms with Crippen molar-refractivity contribution in [1.29, 1.82) is 0 Å². The minimum atomic E-state index is 0.285. The second kappa shape index (κ2) is 6.70. The molecule has 0 aromatic heterocycles. The van der Waals surface area contributed by atoms with Gasteiger partial charge in [-0.15, -0.1) is 0 Å². The van der Waals surface area contributed by atoms with E-state index in [1.807, 2.05) is 0 Å². The molecule has 25 heavy (non-hydrogen) atoms. The van der Waals surface area contributed by atoms with Crippen LogP contribution >= 0.6 is 0 Å². The third-order valence-corrected chi connectivity index (χ3v) is 5.06. The topological polar surface area (TPSA) is 12.0 Å². The normalized spacial score (nSPS) is 13.8. The van der Waals surface area contributed by atoms with Crippen LogP contribution in [0.15, 0.2) is 84.9 Å². The first kappa shape index (κ1) is 15.9. The highest BCUT2D eigenvalue weighted by Gasteiger charge is 2.13. The summed E-state index contributed by atoms with van der Waals surface area (Å²) in [5, 5.41) is 8.99. The molecule has 0 saturated heterocycles. The molecular formula is C24H23N. The largest absolute Gasteiger partial charge is 0.304 e. The fourth-order valence-corrected chi connectivity index (χ4v) is 3.67. The minimum Gasteiger partial charge on any atom is -0.304 e. The molecule has 0 bridgehead atoms. The van der Waals surface area contributed by atoms with Gasteiger partial charge >= 0.3 is 0 Å². The molecular weight excluding hydrogens is 302 g/mol. The summed E-state index contributed by atoms with van der Waals surface area (Å²) in [6.45, 7) is 4.49. The quantitative estimate of drug-likeness (QED) is 0.457. The van der Waals surface area contributed by atoms with Crippen LogP contribution in [0.5, 0.6) is 0 Å². The Kier molecular flexibility index (Phi) is 4.25. The van der Waals surface area contributed by atoms with Gasteiger partial charge in [0.25, 0.3) is 0 Å². The fourth-order valence-electron chi connectivity index (χ4n) is 3.67. The van der Waals surface area contributed by atoms with Crippen LogP contribution in [0.3, 0.4) is 0 Å². The monoisotopic (exact) mass is 325 g/mol. The van der Waals surface area contributed by atoms with Crippen molar-refractivity contribution in [2.75, 3.05) is 0 Å². The van der Waals surface area contributed by atoms with E-state index in [0.717, 1.165) is 0 Å². The standard InChI is InChI=1S/C24H23N/c1-17(21-15-14-19-8-3-4-10-22(19)16-21)25-18(2)23-13-7-11-20-9-5-6-12-24(20)23/h3-18,25H,1-2H3/t17-,18-/m1/s1. The zero-order valence-corrected chi connectivity index (χ0v) is 14.7. The molecule has 0 fully saturated rings. The molecule has 0 aliphatic carbocycles. The van der Waals surface area contributed by atoms with Gasteiger partial charge in [-0.2, -0.15) is 0 Å². The molecule has 4 aromatic carbocycles. The molecule has 0 aliphatic heterocycles. The van der Waals surface area contributed by atoms with E-state index >= 15 is 0 Å². The SMILES string of the molecule is C[C@@H](N[C@H](C)c1cccc2ccccc12)c1ccc2ccccc2c1. The van der Waals surface area contributed by atoms with Crippen LogP contribution in [-0.4, -0.2) is 0 Å². The Labute approximate surface area is 149 Å². The van der Waals surface area contributed by atoms with E-state index in [-0.39, 0.29) is 6.04 Å². The van der Waals surface area contributed by atoms with Crippen molar-refractivity contribution >= 4 is 21.5 Å².